The van der Waals surface area contributed by atoms with Crippen molar-refractivity contribution in [3.05, 3.63) is 82.6 Å². The van der Waals surface area contributed by atoms with E-state index in [2.05, 4.69) is 50.9 Å². The molecule has 8 heteroatoms. The second-order valence-electron chi connectivity index (χ2n) is 7.09. The molecule has 0 radical (unpaired) electrons. The van der Waals surface area contributed by atoms with Gasteiger partial charge in [-0.1, -0.05) is 71.4 Å². The van der Waals surface area contributed by atoms with Crippen LogP contribution in [0, 0.1) is 0 Å². The van der Waals surface area contributed by atoms with Gasteiger partial charge >= 0.3 is 0 Å². The van der Waals surface area contributed by atoms with Crippen LogP contribution in [0.4, 0.5) is 5.69 Å². The summed E-state index contributed by atoms with van der Waals surface area (Å²) in [6.07, 6.45) is 2.88. The van der Waals surface area contributed by atoms with Crippen LogP contribution in [0.1, 0.15) is 29.6 Å². The molecular weight excluding hydrogens is 439 g/mol. The smallest absolute Gasteiger partial charge is 0.234 e. The summed E-state index contributed by atoms with van der Waals surface area (Å²) in [6.45, 7) is 4.46. The second-order valence-corrected chi connectivity index (χ2v) is 8.91. The minimum Gasteiger partial charge on any atom is -0.325 e. The van der Waals surface area contributed by atoms with Gasteiger partial charge in [0.15, 0.2) is 5.16 Å². The van der Waals surface area contributed by atoms with Crippen molar-refractivity contribution in [1.82, 2.24) is 14.8 Å². The third-order valence-electron chi connectivity index (χ3n) is 4.89. The minimum absolute atomic E-state index is 0.165. The molecule has 154 valence electrons. The van der Waals surface area contributed by atoms with Crippen molar-refractivity contribution in [3.63, 3.8) is 0 Å². The third kappa shape index (κ3) is 4.89. The molecule has 4 rings (SSSR count). The number of carbonyl (C=O) groups is 1. The highest BCUT2D eigenvalue weighted by molar-refractivity contribution is 7.99. The Bertz CT molecular complexity index is 1050. The Morgan fingerprint density at radius 2 is 1.90 bits per heavy atom. The van der Waals surface area contributed by atoms with Gasteiger partial charge in [0.05, 0.1) is 5.75 Å². The van der Waals surface area contributed by atoms with Crippen LogP contribution in [-0.4, -0.2) is 26.4 Å². The zero-order valence-electron chi connectivity index (χ0n) is 16.1. The van der Waals surface area contributed by atoms with E-state index in [1.54, 1.807) is 18.2 Å². The summed E-state index contributed by atoms with van der Waals surface area (Å²) < 4.78 is 2.05. The quantitative estimate of drug-likeness (QED) is 0.343. The van der Waals surface area contributed by atoms with E-state index >= 15 is 0 Å². The van der Waals surface area contributed by atoms with E-state index in [1.165, 1.54) is 17.3 Å². The van der Waals surface area contributed by atoms with Gasteiger partial charge in [-0.05, 0) is 36.1 Å². The van der Waals surface area contributed by atoms with E-state index in [0.29, 0.717) is 39.3 Å². The number of halogens is 2. The molecule has 3 aromatic rings. The van der Waals surface area contributed by atoms with Crippen LogP contribution in [0.25, 0.3) is 0 Å². The Morgan fingerprint density at radius 3 is 2.60 bits per heavy atom. The SMILES string of the molecule is C=CCn1c(SCC(=O)Nc2cc(Cl)cc(Cl)c2)nnc1C1CC1c1ccccc1. The van der Waals surface area contributed by atoms with Gasteiger partial charge in [-0.15, -0.1) is 16.8 Å². The fraction of sp³-hybridized carbons (Fsp3) is 0.227. The molecule has 1 heterocycles. The van der Waals surface area contributed by atoms with Gasteiger partial charge in [-0.3, -0.25) is 4.79 Å². The van der Waals surface area contributed by atoms with E-state index in [0.717, 1.165) is 12.2 Å². The van der Waals surface area contributed by atoms with Gasteiger partial charge in [-0.25, -0.2) is 0 Å². The van der Waals surface area contributed by atoms with Gasteiger partial charge in [-0.2, -0.15) is 0 Å². The number of rotatable bonds is 8. The highest BCUT2D eigenvalue weighted by Gasteiger charge is 2.43. The predicted octanol–water partition coefficient (Wildman–Crippen LogP) is 5.77. The van der Waals surface area contributed by atoms with Crippen LogP contribution in [0.3, 0.4) is 0 Å². The fourth-order valence-electron chi connectivity index (χ4n) is 3.48. The summed E-state index contributed by atoms with van der Waals surface area (Å²) in [5, 5.41) is 13.2. The van der Waals surface area contributed by atoms with Gasteiger partial charge in [0.25, 0.3) is 0 Å². The lowest BCUT2D eigenvalue weighted by atomic mass is 10.1. The van der Waals surface area contributed by atoms with Gasteiger partial charge in [0.2, 0.25) is 5.91 Å². The van der Waals surface area contributed by atoms with E-state index in [9.17, 15) is 4.79 Å². The minimum atomic E-state index is -0.165. The lowest BCUT2D eigenvalue weighted by Gasteiger charge is -2.09. The van der Waals surface area contributed by atoms with Gasteiger partial charge < -0.3 is 9.88 Å². The summed E-state index contributed by atoms with van der Waals surface area (Å²) in [5.74, 6) is 1.80. The summed E-state index contributed by atoms with van der Waals surface area (Å²) in [6, 6.07) is 15.4. The number of hydrogen-bond donors (Lipinski definition) is 1. The number of nitrogens with one attached hydrogen (secondary N) is 1. The lowest BCUT2D eigenvalue weighted by molar-refractivity contribution is -0.113. The highest BCUT2D eigenvalue weighted by Crippen LogP contribution is 2.54. The first-order valence-corrected chi connectivity index (χ1v) is 11.3. The van der Waals surface area contributed by atoms with E-state index in [4.69, 9.17) is 23.2 Å². The largest absolute Gasteiger partial charge is 0.325 e. The maximum Gasteiger partial charge on any atom is 0.234 e. The Morgan fingerprint density at radius 1 is 1.17 bits per heavy atom. The molecular formula is C22H20Cl2N4OS. The van der Waals surface area contributed by atoms with Gasteiger partial charge in [0.1, 0.15) is 5.82 Å². The van der Waals surface area contributed by atoms with Gasteiger partial charge in [0, 0.05) is 28.2 Å². The highest BCUT2D eigenvalue weighted by atomic mass is 35.5. The van der Waals surface area contributed by atoms with Crippen molar-refractivity contribution in [1.29, 1.82) is 0 Å². The van der Waals surface area contributed by atoms with Crippen molar-refractivity contribution in [2.45, 2.75) is 30.0 Å². The molecule has 5 nitrogen and oxygen atoms in total. The normalized spacial score (nSPS) is 17.5. The average Bonchev–Trinajstić information content (AvgIpc) is 3.41. The first-order chi connectivity index (χ1) is 14.5. The van der Waals surface area contributed by atoms with Crippen molar-refractivity contribution in [2.75, 3.05) is 11.1 Å². The Kier molecular flexibility index (Phi) is 6.46. The first kappa shape index (κ1) is 21.0. The molecule has 0 bridgehead atoms. The van der Waals surface area contributed by atoms with Crippen molar-refractivity contribution in [2.24, 2.45) is 0 Å². The summed E-state index contributed by atoms with van der Waals surface area (Å²) in [5.41, 5.74) is 1.89. The van der Waals surface area contributed by atoms with Crippen molar-refractivity contribution >= 4 is 46.6 Å². The second kappa shape index (κ2) is 9.25. The zero-order valence-corrected chi connectivity index (χ0v) is 18.4. The average molecular weight is 459 g/mol. The van der Waals surface area contributed by atoms with Crippen LogP contribution in [0.5, 0.6) is 0 Å². The molecule has 1 amide bonds. The monoisotopic (exact) mass is 458 g/mol. The lowest BCUT2D eigenvalue weighted by Crippen LogP contribution is -2.14. The van der Waals surface area contributed by atoms with E-state index in [1.807, 2.05) is 12.1 Å². The number of benzene rings is 2. The molecule has 2 aromatic carbocycles. The number of carbonyl (C=O) groups excluding carboxylic acids is 1. The molecule has 1 N–H and O–H groups in total. The number of hydrogen-bond acceptors (Lipinski definition) is 4. The van der Waals surface area contributed by atoms with Crippen LogP contribution >= 0.6 is 35.0 Å². The molecule has 1 fully saturated rings. The number of anilines is 1. The number of nitrogens with zero attached hydrogens (tertiary/aromatic N) is 3. The molecule has 2 unspecified atom stereocenters. The molecule has 1 aromatic heterocycles. The van der Waals surface area contributed by atoms with Crippen LogP contribution in [0.2, 0.25) is 10.0 Å². The zero-order chi connectivity index (χ0) is 21.1. The van der Waals surface area contributed by atoms with E-state index in [-0.39, 0.29) is 11.7 Å². The van der Waals surface area contributed by atoms with Crippen LogP contribution < -0.4 is 5.32 Å². The maximum absolute atomic E-state index is 12.4. The summed E-state index contributed by atoms with van der Waals surface area (Å²) in [7, 11) is 0. The third-order valence-corrected chi connectivity index (χ3v) is 6.29. The van der Waals surface area contributed by atoms with Crippen LogP contribution in [-0.2, 0) is 11.3 Å². The Labute approximate surface area is 189 Å². The molecule has 0 aliphatic heterocycles. The number of allylic oxidation sites excluding steroid dienone is 1. The Hall–Kier alpha value is -2.28. The number of amides is 1. The molecule has 1 saturated carbocycles. The van der Waals surface area contributed by atoms with Crippen molar-refractivity contribution in [3.8, 4) is 0 Å². The number of thioether (sulfide) groups is 1. The van der Waals surface area contributed by atoms with Crippen LogP contribution in [0.15, 0.2) is 66.3 Å². The molecule has 2 atom stereocenters. The summed E-state index contributed by atoms with van der Waals surface area (Å²) >= 11 is 13.3. The Balaban J connectivity index is 1.42. The first-order valence-electron chi connectivity index (χ1n) is 9.53. The van der Waals surface area contributed by atoms with E-state index < -0.39 is 0 Å². The molecule has 0 spiro atoms. The molecule has 1 aliphatic rings. The molecule has 0 saturated heterocycles. The maximum atomic E-state index is 12.4. The summed E-state index contributed by atoms with van der Waals surface area (Å²) in [4.78, 5) is 12.4. The topological polar surface area (TPSA) is 59.8 Å². The number of aromatic nitrogens is 3. The standard InChI is InChI=1S/C22H20Cl2N4OS/c1-2-8-28-21(19-12-18(19)14-6-4-3-5-7-14)26-27-22(28)30-13-20(29)25-17-10-15(23)9-16(24)11-17/h2-7,9-11,18-19H,1,8,12-13H2,(H,25,29). The van der Waals surface area contributed by atoms with Crippen molar-refractivity contribution < 1.29 is 4.79 Å². The predicted molar refractivity (Wildman–Crippen MR) is 123 cm³/mol. The molecule has 1 aliphatic carbocycles. The fourth-order valence-corrected chi connectivity index (χ4v) is 4.76. The molecule has 30 heavy (non-hydrogen) atoms.